The lowest BCUT2D eigenvalue weighted by molar-refractivity contribution is 0.0926. The van der Waals surface area contributed by atoms with Crippen LogP contribution in [0.4, 0.5) is 0 Å². The number of benzene rings is 2. The summed E-state index contributed by atoms with van der Waals surface area (Å²) in [4.78, 5) is 23.8. The number of para-hydroxylation sites is 1. The van der Waals surface area contributed by atoms with Crippen LogP contribution in [0, 0.1) is 0 Å². The standard InChI is InChI=1S/C16H14Cl2N2O3/c17-12-6-5-10(9-13(12)18)15(22)19-7-8-20-16(23)11-3-1-2-4-14(11)21/h1-6,9,21H,7-8H2,(H,19,22)(H,20,23). The van der Waals surface area contributed by atoms with Gasteiger partial charge in [-0.25, -0.2) is 0 Å². The van der Waals surface area contributed by atoms with Crippen LogP contribution in [-0.4, -0.2) is 30.0 Å². The number of hydrogen-bond donors (Lipinski definition) is 3. The maximum Gasteiger partial charge on any atom is 0.255 e. The molecule has 0 saturated carbocycles. The van der Waals surface area contributed by atoms with E-state index < -0.39 is 5.91 Å². The average Bonchev–Trinajstić information content (AvgIpc) is 2.54. The Bertz CT molecular complexity index is 735. The van der Waals surface area contributed by atoms with Crippen molar-refractivity contribution in [2.75, 3.05) is 13.1 Å². The third-order valence-electron chi connectivity index (χ3n) is 3.03. The molecule has 0 aliphatic heterocycles. The quantitative estimate of drug-likeness (QED) is 0.724. The summed E-state index contributed by atoms with van der Waals surface area (Å²) in [6, 6.07) is 10.8. The molecular weight excluding hydrogens is 339 g/mol. The first-order valence-electron chi connectivity index (χ1n) is 6.78. The normalized spacial score (nSPS) is 10.2. The minimum absolute atomic E-state index is 0.0927. The molecule has 2 aromatic carbocycles. The molecule has 0 heterocycles. The van der Waals surface area contributed by atoms with Crippen molar-refractivity contribution in [3.05, 3.63) is 63.6 Å². The molecule has 2 amide bonds. The topological polar surface area (TPSA) is 78.4 Å². The summed E-state index contributed by atoms with van der Waals surface area (Å²) in [5, 5.41) is 15.5. The molecule has 2 aromatic rings. The van der Waals surface area contributed by atoms with Crippen LogP contribution >= 0.6 is 23.2 Å². The number of halogens is 2. The van der Waals surface area contributed by atoms with Gasteiger partial charge in [-0.1, -0.05) is 35.3 Å². The van der Waals surface area contributed by atoms with E-state index in [4.69, 9.17) is 23.2 Å². The zero-order chi connectivity index (χ0) is 16.8. The van der Waals surface area contributed by atoms with Crippen LogP contribution < -0.4 is 10.6 Å². The fourth-order valence-corrected chi connectivity index (χ4v) is 2.15. The van der Waals surface area contributed by atoms with E-state index in [2.05, 4.69) is 10.6 Å². The third-order valence-corrected chi connectivity index (χ3v) is 3.77. The van der Waals surface area contributed by atoms with Crippen molar-refractivity contribution >= 4 is 35.0 Å². The van der Waals surface area contributed by atoms with E-state index in [-0.39, 0.29) is 30.3 Å². The number of aromatic hydroxyl groups is 1. The maximum atomic E-state index is 11.9. The van der Waals surface area contributed by atoms with Crippen molar-refractivity contribution in [1.82, 2.24) is 10.6 Å². The predicted molar refractivity (Wildman–Crippen MR) is 89.2 cm³/mol. The molecular formula is C16H14Cl2N2O3. The molecule has 0 saturated heterocycles. The van der Waals surface area contributed by atoms with Gasteiger partial charge in [0.2, 0.25) is 0 Å². The first-order valence-corrected chi connectivity index (χ1v) is 7.54. The molecule has 0 aliphatic rings. The van der Waals surface area contributed by atoms with Crippen molar-refractivity contribution in [1.29, 1.82) is 0 Å². The molecule has 0 fully saturated rings. The Morgan fingerprint density at radius 2 is 1.57 bits per heavy atom. The molecule has 0 atom stereocenters. The number of phenolic OH excluding ortho intramolecular Hbond substituents is 1. The highest BCUT2D eigenvalue weighted by Crippen LogP contribution is 2.22. The van der Waals surface area contributed by atoms with Gasteiger partial charge in [0.15, 0.2) is 0 Å². The molecule has 0 spiro atoms. The summed E-state index contributed by atoms with van der Waals surface area (Å²) in [5.41, 5.74) is 0.565. The summed E-state index contributed by atoms with van der Waals surface area (Å²) < 4.78 is 0. The average molecular weight is 353 g/mol. The number of carbonyl (C=O) groups excluding carboxylic acids is 2. The second-order valence-electron chi connectivity index (χ2n) is 4.66. The summed E-state index contributed by atoms with van der Waals surface area (Å²) in [6.45, 7) is 0.457. The van der Waals surface area contributed by atoms with Gasteiger partial charge >= 0.3 is 0 Å². The van der Waals surface area contributed by atoms with Gasteiger partial charge < -0.3 is 15.7 Å². The molecule has 0 bridgehead atoms. The van der Waals surface area contributed by atoms with Gasteiger partial charge in [-0.2, -0.15) is 0 Å². The van der Waals surface area contributed by atoms with Gasteiger partial charge in [0.05, 0.1) is 15.6 Å². The van der Waals surface area contributed by atoms with Crippen molar-refractivity contribution in [3.63, 3.8) is 0 Å². The fraction of sp³-hybridized carbons (Fsp3) is 0.125. The minimum Gasteiger partial charge on any atom is -0.507 e. The van der Waals surface area contributed by atoms with Crippen LogP contribution in [0.5, 0.6) is 5.75 Å². The molecule has 0 radical (unpaired) electrons. The van der Waals surface area contributed by atoms with E-state index in [9.17, 15) is 14.7 Å². The van der Waals surface area contributed by atoms with E-state index in [1.165, 1.54) is 18.2 Å². The molecule has 23 heavy (non-hydrogen) atoms. The molecule has 0 aliphatic carbocycles. The Morgan fingerprint density at radius 1 is 0.913 bits per heavy atom. The molecule has 0 unspecified atom stereocenters. The Labute approximate surface area is 143 Å². The van der Waals surface area contributed by atoms with Gasteiger partial charge in [0.1, 0.15) is 5.75 Å². The number of hydrogen-bond acceptors (Lipinski definition) is 3. The highest BCUT2D eigenvalue weighted by atomic mass is 35.5. The van der Waals surface area contributed by atoms with Crippen molar-refractivity contribution in [3.8, 4) is 5.75 Å². The smallest absolute Gasteiger partial charge is 0.255 e. The Morgan fingerprint density at radius 3 is 2.22 bits per heavy atom. The van der Waals surface area contributed by atoms with Gasteiger partial charge in [0.25, 0.3) is 11.8 Å². The van der Waals surface area contributed by atoms with E-state index in [1.807, 2.05) is 0 Å². The largest absolute Gasteiger partial charge is 0.507 e. The van der Waals surface area contributed by atoms with Crippen LogP contribution in [0.3, 0.4) is 0 Å². The molecule has 5 nitrogen and oxygen atoms in total. The second-order valence-corrected chi connectivity index (χ2v) is 5.47. The molecule has 2 rings (SSSR count). The highest BCUT2D eigenvalue weighted by Gasteiger charge is 2.10. The van der Waals surface area contributed by atoms with Gasteiger partial charge in [0, 0.05) is 18.7 Å². The van der Waals surface area contributed by atoms with Crippen LogP contribution in [0.15, 0.2) is 42.5 Å². The van der Waals surface area contributed by atoms with Crippen molar-refractivity contribution < 1.29 is 14.7 Å². The van der Waals surface area contributed by atoms with Gasteiger partial charge in [-0.3, -0.25) is 9.59 Å². The molecule has 3 N–H and O–H groups in total. The second kappa shape index (κ2) is 7.85. The predicted octanol–water partition coefficient (Wildman–Crippen LogP) is 2.86. The van der Waals surface area contributed by atoms with E-state index in [0.29, 0.717) is 15.6 Å². The minimum atomic E-state index is -0.410. The summed E-state index contributed by atoms with van der Waals surface area (Å²) in [7, 11) is 0. The lowest BCUT2D eigenvalue weighted by atomic mass is 10.2. The van der Waals surface area contributed by atoms with Crippen molar-refractivity contribution in [2.45, 2.75) is 0 Å². The maximum absolute atomic E-state index is 11.9. The first kappa shape index (κ1) is 17.1. The van der Waals surface area contributed by atoms with Crippen LogP contribution in [-0.2, 0) is 0 Å². The zero-order valence-corrected chi connectivity index (χ0v) is 13.5. The number of nitrogens with one attached hydrogen (secondary N) is 2. The van der Waals surface area contributed by atoms with Gasteiger partial charge in [-0.15, -0.1) is 0 Å². The molecule has 7 heteroatoms. The van der Waals surface area contributed by atoms with Gasteiger partial charge in [-0.05, 0) is 30.3 Å². The van der Waals surface area contributed by atoms with Crippen LogP contribution in [0.25, 0.3) is 0 Å². The lowest BCUT2D eigenvalue weighted by Crippen LogP contribution is -2.34. The molecule has 120 valence electrons. The fourth-order valence-electron chi connectivity index (χ4n) is 1.85. The first-order chi connectivity index (χ1) is 11.0. The lowest BCUT2D eigenvalue weighted by Gasteiger charge is -2.08. The van der Waals surface area contributed by atoms with Crippen LogP contribution in [0.1, 0.15) is 20.7 Å². The third kappa shape index (κ3) is 4.61. The Balaban J connectivity index is 1.81. The van der Waals surface area contributed by atoms with E-state index in [1.54, 1.807) is 24.3 Å². The highest BCUT2D eigenvalue weighted by molar-refractivity contribution is 6.42. The monoisotopic (exact) mass is 352 g/mol. The number of phenols is 1. The Hall–Kier alpha value is -2.24. The SMILES string of the molecule is O=C(NCCNC(=O)c1ccccc1O)c1ccc(Cl)c(Cl)c1. The molecule has 0 aromatic heterocycles. The Kier molecular flexibility index (Phi) is 5.84. The number of carbonyl (C=O) groups is 2. The summed E-state index contributed by atoms with van der Waals surface area (Å²) in [5.74, 6) is -0.822. The zero-order valence-electron chi connectivity index (χ0n) is 12.0. The van der Waals surface area contributed by atoms with Crippen molar-refractivity contribution in [2.24, 2.45) is 0 Å². The van der Waals surface area contributed by atoms with E-state index in [0.717, 1.165) is 0 Å². The summed E-state index contributed by atoms with van der Waals surface area (Å²) >= 11 is 11.6. The van der Waals surface area contributed by atoms with E-state index >= 15 is 0 Å². The number of amides is 2. The number of rotatable bonds is 5. The van der Waals surface area contributed by atoms with Crippen LogP contribution in [0.2, 0.25) is 10.0 Å². The summed E-state index contributed by atoms with van der Waals surface area (Å²) in [6.07, 6.45) is 0.